The van der Waals surface area contributed by atoms with Crippen LogP contribution in [0.2, 0.25) is 0 Å². The zero-order valence-electron chi connectivity index (χ0n) is 11.2. The van der Waals surface area contributed by atoms with E-state index in [-0.39, 0.29) is 11.3 Å². The molecule has 1 aromatic rings. The number of rotatable bonds is 4. The predicted octanol–water partition coefficient (Wildman–Crippen LogP) is 2.48. The van der Waals surface area contributed by atoms with E-state index >= 15 is 0 Å². The number of aryl methyl sites for hydroxylation is 1. The van der Waals surface area contributed by atoms with Gasteiger partial charge in [0, 0.05) is 24.9 Å². The van der Waals surface area contributed by atoms with Gasteiger partial charge in [-0.15, -0.1) is 0 Å². The highest BCUT2D eigenvalue weighted by Gasteiger charge is 2.15. The molecule has 0 aliphatic carbocycles. The molecular weight excluding hydrogens is 212 g/mol. The maximum Gasteiger partial charge on any atom is 0.220 e. The summed E-state index contributed by atoms with van der Waals surface area (Å²) in [5.74, 6) is 0.123. The van der Waals surface area contributed by atoms with Crippen LogP contribution in [-0.2, 0) is 11.2 Å². The molecule has 0 unspecified atom stereocenters. The fourth-order valence-electron chi connectivity index (χ4n) is 1.54. The Kier molecular flexibility index (Phi) is 4.67. The van der Waals surface area contributed by atoms with Crippen LogP contribution in [0, 0.1) is 12.3 Å². The molecule has 1 aromatic heterocycles. The van der Waals surface area contributed by atoms with Crippen LogP contribution in [0.4, 0.5) is 0 Å². The third-order valence-corrected chi connectivity index (χ3v) is 2.40. The third kappa shape index (κ3) is 6.05. The highest BCUT2D eigenvalue weighted by atomic mass is 16.1. The fourth-order valence-corrected chi connectivity index (χ4v) is 1.54. The van der Waals surface area contributed by atoms with Crippen molar-refractivity contribution in [1.82, 2.24) is 10.3 Å². The molecule has 3 heteroatoms. The highest BCUT2D eigenvalue weighted by Crippen LogP contribution is 2.17. The van der Waals surface area contributed by atoms with E-state index < -0.39 is 0 Å². The van der Waals surface area contributed by atoms with Crippen LogP contribution in [0.15, 0.2) is 18.3 Å². The van der Waals surface area contributed by atoms with Crippen LogP contribution >= 0.6 is 0 Å². The molecule has 0 spiro atoms. The Labute approximate surface area is 104 Å². The minimum atomic E-state index is 0.0511. The van der Waals surface area contributed by atoms with Gasteiger partial charge in [0.05, 0.1) is 0 Å². The molecule has 1 heterocycles. The first-order valence-electron chi connectivity index (χ1n) is 6.05. The second-order valence-electron chi connectivity index (χ2n) is 5.65. The van der Waals surface area contributed by atoms with E-state index in [0.29, 0.717) is 13.0 Å². The van der Waals surface area contributed by atoms with Crippen LogP contribution in [0.5, 0.6) is 0 Å². The van der Waals surface area contributed by atoms with Crippen molar-refractivity contribution in [2.45, 2.75) is 40.5 Å². The van der Waals surface area contributed by atoms with Crippen molar-refractivity contribution in [2.75, 3.05) is 6.54 Å². The maximum atomic E-state index is 11.6. The van der Waals surface area contributed by atoms with Crippen molar-refractivity contribution in [1.29, 1.82) is 0 Å². The molecule has 0 radical (unpaired) electrons. The van der Waals surface area contributed by atoms with Gasteiger partial charge in [-0.25, -0.2) is 0 Å². The van der Waals surface area contributed by atoms with Crippen LogP contribution < -0.4 is 5.32 Å². The highest BCUT2D eigenvalue weighted by molar-refractivity contribution is 5.76. The predicted molar refractivity (Wildman–Crippen MR) is 69.8 cm³/mol. The molecule has 1 N–H and O–H groups in total. The third-order valence-electron chi connectivity index (χ3n) is 2.40. The van der Waals surface area contributed by atoms with Crippen LogP contribution in [0.3, 0.4) is 0 Å². The Bertz CT molecular complexity index is 363. The van der Waals surface area contributed by atoms with Crippen LogP contribution in [0.25, 0.3) is 0 Å². The normalized spacial score (nSPS) is 11.3. The van der Waals surface area contributed by atoms with Crippen molar-refractivity contribution in [3.05, 3.63) is 29.6 Å². The Hall–Kier alpha value is -1.38. The summed E-state index contributed by atoms with van der Waals surface area (Å²) in [5, 5.41) is 2.94. The molecule has 0 saturated heterocycles. The number of nitrogens with zero attached hydrogens (tertiary/aromatic N) is 1. The van der Waals surface area contributed by atoms with Crippen LogP contribution in [-0.4, -0.2) is 17.4 Å². The van der Waals surface area contributed by atoms with Crippen molar-refractivity contribution >= 4 is 5.91 Å². The van der Waals surface area contributed by atoms with Crippen molar-refractivity contribution in [3.8, 4) is 0 Å². The van der Waals surface area contributed by atoms with E-state index in [4.69, 9.17) is 0 Å². The number of aromatic nitrogens is 1. The lowest BCUT2D eigenvalue weighted by molar-refractivity contribution is -0.122. The van der Waals surface area contributed by atoms with E-state index in [1.54, 1.807) is 0 Å². The van der Waals surface area contributed by atoms with Gasteiger partial charge in [0.2, 0.25) is 5.91 Å². The smallest absolute Gasteiger partial charge is 0.220 e. The quantitative estimate of drug-likeness (QED) is 0.869. The topological polar surface area (TPSA) is 42.0 Å². The molecule has 0 fully saturated rings. The molecule has 1 amide bonds. The van der Waals surface area contributed by atoms with Gasteiger partial charge in [-0.3, -0.25) is 9.78 Å². The molecule has 0 saturated carbocycles. The second-order valence-corrected chi connectivity index (χ2v) is 5.65. The van der Waals surface area contributed by atoms with Crippen molar-refractivity contribution < 1.29 is 4.79 Å². The lowest BCUT2D eigenvalue weighted by atomic mass is 9.92. The molecule has 0 aromatic carbocycles. The Morgan fingerprint density at radius 3 is 2.59 bits per heavy atom. The summed E-state index contributed by atoms with van der Waals surface area (Å²) in [6, 6.07) is 4.05. The van der Waals surface area contributed by atoms with E-state index in [2.05, 4.69) is 37.1 Å². The zero-order chi connectivity index (χ0) is 12.9. The summed E-state index contributed by atoms with van der Waals surface area (Å²) in [6.45, 7) is 8.85. The first-order valence-corrected chi connectivity index (χ1v) is 6.05. The van der Waals surface area contributed by atoms with Crippen molar-refractivity contribution in [3.63, 3.8) is 0 Å². The molecule has 0 aliphatic heterocycles. The van der Waals surface area contributed by atoms with E-state index in [1.165, 1.54) is 0 Å². The average Bonchev–Trinajstić information content (AvgIpc) is 2.18. The molecule has 0 atom stereocenters. The first-order chi connectivity index (χ1) is 7.87. The van der Waals surface area contributed by atoms with Gasteiger partial charge in [0.25, 0.3) is 0 Å². The summed E-state index contributed by atoms with van der Waals surface area (Å²) >= 11 is 0. The summed E-state index contributed by atoms with van der Waals surface area (Å²) in [5.41, 5.74) is 2.23. The minimum Gasteiger partial charge on any atom is -0.356 e. The lowest BCUT2D eigenvalue weighted by Crippen LogP contribution is -2.29. The maximum absolute atomic E-state index is 11.6. The summed E-state index contributed by atoms with van der Waals surface area (Å²) < 4.78 is 0. The first kappa shape index (κ1) is 13.7. The SMILES string of the molecule is Cc1ccc(CCNC(=O)CC(C)(C)C)cn1. The number of amides is 1. The molecule has 0 aliphatic rings. The Balaban J connectivity index is 2.28. The number of pyridine rings is 1. The fraction of sp³-hybridized carbons (Fsp3) is 0.571. The molecule has 17 heavy (non-hydrogen) atoms. The molecular formula is C14H22N2O. The lowest BCUT2D eigenvalue weighted by Gasteiger charge is -2.17. The molecule has 0 bridgehead atoms. The second kappa shape index (κ2) is 5.80. The Morgan fingerprint density at radius 1 is 1.35 bits per heavy atom. The zero-order valence-corrected chi connectivity index (χ0v) is 11.2. The van der Waals surface area contributed by atoms with E-state index in [1.807, 2.05) is 19.2 Å². The Morgan fingerprint density at radius 2 is 2.06 bits per heavy atom. The van der Waals surface area contributed by atoms with E-state index in [0.717, 1.165) is 17.7 Å². The summed E-state index contributed by atoms with van der Waals surface area (Å²) in [6.07, 6.45) is 3.27. The number of nitrogens with one attached hydrogen (secondary N) is 1. The summed E-state index contributed by atoms with van der Waals surface area (Å²) in [4.78, 5) is 15.8. The molecule has 94 valence electrons. The number of carbonyl (C=O) groups excluding carboxylic acids is 1. The van der Waals surface area contributed by atoms with Gasteiger partial charge in [-0.1, -0.05) is 26.8 Å². The molecule has 1 rings (SSSR count). The number of carbonyl (C=O) groups is 1. The van der Waals surface area contributed by atoms with Gasteiger partial charge < -0.3 is 5.32 Å². The number of hydrogen-bond donors (Lipinski definition) is 1. The van der Waals surface area contributed by atoms with Crippen LogP contribution in [0.1, 0.15) is 38.4 Å². The van der Waals surface area contributed by atoms with Gasteiger partial charge in [0.1, 0.15) is 0 Å². The largest absolute Gasteiger partial charge is 0.356 e. The minimum absolute atomic E-state index is 0.0511. The van der Waals surface area contributed by atoms with Gasteiger partial charge in [0.15, 0.2) is 0 Å². The van der Waals surface area contributed by atoms with Crippen molar-refractivity contribution in [2.24, 2.45) is 5.41 Å². The van der Waals surface area contributed by atoms with Gasteiger partial charge >= 0.3 is 0 Å². The number of hydrogen-bond acceptors (Lipinski definition) is 2. The average molecular weight is 234 g/mol. The van der Waals surface area contributed by atoms with Gasteiger partial charge in [-0.2, -0.15) is 0 Å². The monoisotopic (exact) mass is 234 g/mol. The summed E-state index contributed by atoms with van der Waals surface area (Å²) in [7, 11) is 0. The standard InChI is InChI=1S/C14H22N2O/c1-11-5-6-12(10-16-11)7-8-15-13(17)9-14(2,3)4/h5-6,10H,7-9H2,1-4H3,(H,15,17). The van der Waals surface area contributed by atoms with E-state index in [9.17, 15) is 4.79 Å². The molecule has 3 nitrogen and oxygen atoms in total. The van der Waals surface area contributed by atoms with Gasteiger partial charge in [-0.05, 0) is 30.4 Å².